The van der Waals surface area contributed by atoms with E-state index in [1.807, 2.05) is 48.7 Å². The molecule has 1 aromatic heterocycles. The first-order valence-electron chi connectivity index (χ1n) is 6.77. The maximum absolute atomic E-state index is 12.1. The Morgan fingerprint density at radius 3 is 2.78 bits per heavy atom. The maximum atomic E-state index is 12.1. The normalized spacial score (nSPS) is 10.9. The number of halogens is 1. The van der Waals surface area contributed by atoms with Crippen LogP contribution in [0.5, 0.6) is 0 Å². The van der Waals surface area contributed by atoms with E-state index in [-0.39, 0.29) is 5.91 Å². The summed E-state index contributed by atoms with van der Waals surface area (Å²) in [6, 6.07) is 13.3. The number of nitrogens with one attached hydrogen (secondary N) is 1. The second-order valence-electron chi connectivity index (χ2n) is 4.66. The lowest BCUT2D eigenvalue weighted by molar-refractivity contribution is -0.113. The number of thiazole rings is 1. The fourth-order valence-corrected chi connectivity index (χ4v) is 4.30. The highest BCUT2D eigenvalue weighted by molar-refractivity contribution is 8.00. The first kappa shape index (κ1) is 16.6. The minimum absolute atomic E-state index is 0.0288. The lowest BCUT2D eigenvalue weighted by Gasteiger charge is -2.05. The first-order valence-corrected chi connectivity index (χ1v) is 10.2. The Bertz CT molecular complexity index is 833. The highest BCUT2D eigenvalue weighted by Gasteiger charge is 2.07. The maximum Gasteiger partial charge on any atom is 0.234 e. The van der Waals surface area contributed by atoms with Crippen LogP contribution < -0.4 is 5.32 Å². The number of aromatic nitrogens is 1. The second-order valence-corrected chi connectivity index (χ2v) is 8.23. The summed E-state index contributed by atoms with van der Waals surface area (Å²) in [5, 5.41) is 3.62. The van der Waals surface area contributed by atoms with E-state index < -0.39 is 0 Å². The van der Waals surface area contributed by atoms with Gasteiger partial charge in [0.25, 0.3) is 0 Å². The molecule has 2 aromatic carbocycles. The van der Waals surface area contributed by atoms with Gasteiger partial charge in [0.15, 0.2) is 4.34 Å². The highest BCUT2D eigenvalue weighted by atomic mass is 35.5. The number of nitrogens with zero attached hydrogens (tertiary/aromatic N) is 1. The quantitative estimate of drug-likeness (QED) is 0.601. The van der Waals surface area contributed by atoms with Crippen molar-refractivity contribution in [1.29, 1.82) is 0 Å². The summed E-state index contributed by atoms with van der Waals surface area (Å²) in [7, 11) is 0. The van der Waals surface area contributed by atoms with Gasteiger partial charge in [-0.15, -0.1) is 23.1 Å². The fraction of sp³-hybridized carbons (Fsp3) is 0.125. The molecule has 23 heavy (non-hydrogen) atoms. The third kappa shape index (κ3) is 4.41. The number of hydrogen-bond acceptors (Lipinski definition) is 5. The van der Waals surface area contributed by atoms with Gasteiger partial charge in [-0.3, -0.25) is 4.79 Å². The monoisotopic (exact) mass is 380 g/mol. The molecule has 3 aromatic rings. The van der Waals surface area contributed by atoms with Gasteiger partial charge in [0.05, 0.1) is 16.0 Å². The molecule has 1 amide bonds. The number of fused-ring (bicyclic) bond motifs is 1. The summed E-state index contributed by atoms with van der Waals surface area (Å²) in [4.78, 5) is 17.6. The van der Waals surface area contributed by atoms with E-state index in [9.17, 15) is 4.79 Å². The number of rotatable bonds is 5. The number of hydrogen-bond donors (Lipinski definition) is 1. The zero-order chi connectivity index (χ0) is 16.2. The summed E-state index contributed by atoms with van der Waals surface area (Å²) < 4.78 is 2.11. The molecule has 3 nitrogen and oxygen atoms in total. The molecule has 0 bridgehead atoms. The molecule has 0 spiro atoms. The Labute approximate surface area is 151 Å². The zero-order valence-electron chi connectivity index (χ0n) is 12.2. The smallest absolute Gasteiger partial charge is 0.234 e. The van der Waals surface area contributed by atoms with Crippen molar-refractivity contribution in [2.45, 2.75) is 9.24 Å². The van der Waals surface area contributed by atoms with E-state index in [1.165, 1.54) is 11.8 Å². The number of benzene rings is 2. The van der Waals surface area contributed by atoms with Crippen LogP contribution >= 0.6 is 46.5 Å². The van der Waals surface area contributed by atoms with E-state index in [0.717, 1.165) is 25.1 Å². The molecule has 3 rings (SSSR count). The Hall–Kier alpha value is -1.21. The van der Waals surface area contributed by atoms with Crippen LogP contribution in [0.25, 0.3) is 10.2 Å². The Kier molecular flexibility index (Phi) is 5.48. The van der Waals surface area contributed by atoms with Crippen LogP contribution in [0.2, 0.25) is 5.02 Å². The van der Waals surface area contributed by atoms with Gasteiger partial charge in [-0.25, -0.2) is 4.98 Å². The van der Waals surface area contributed by atoms with E-state index in [1.54, 1.807) is 23.1 Å². The van der Waals surface area contributed by atoms with Crippen molar-refractivity contribution in [3.05, 3.63) is 47.5 Å². The molecule has 7 heteroatoms. The molecular weight excluding hydrogens is 368 g/mol. The number of thioether (sulfide) groups is 2. The van der Waals surface area contributed by atoms with Crippen LogP contribution in [0.4, 0.5) is 5.69 Å². The average Bonchev–Trinajstić information content (AvgIpc) is 2.97. The predicted molar refractivity (Wildman–Crippen MR) is 102 cm³/mol. The molecule has 0 saturated carbocycles. The SMILES string of the molecule is CSc1nc2ccc(NC(=O)CSc3ccc(Cl)cc3)cc2s1. The third-order valence-corrected chi connectivity index (χ3v) is 6.28. The van der Waals surface area contributed by atoms with Gasteiger partial charge in [-0.1, -0.05) is 23.4 Å². The molecule has 0 fully saturated rings. The van der Waals surface area contributed by atoms with Crippen LogP contribution in [0.3, 0.4) is 0 Å². The van der Waals surface area contributed by atoms with Crippen LogP contribution in [0.15, 0.2) is 51.7 Å². The highest BCUT2D eigenvalue weighted by Crippen LogP contribution is 2.30. The minimum atomic E-state index is -0.0288. The van der Waals surface area contributed by atoms with E-state index >= 15 is 0 Å². The Morgan fingerprint density at radius 2 is 2.04 bits per heavy atom. The molecule has 1 N–H and O–H groups in total. The van der Waals surface area contributed by atoms with Gasteiger partial charge in [0, 0.05) is 15.6 Å². The number of anilines is 1. The molecule has 1 heterocycles. The average molecular weight is 381 g/mol. The molecule has 0 atom stereocenters. The number of carbonyl (C=O) groups is 1. The van der Waals surface area contributed by atoms with Gasteiger partial charge < -0.3 is 5.32 Å². The summed E-state index contributed by atoms with van der Waals surface area (Å²) in [6.07, 6.45) is 2.01. The van der Waals surface area contributed by atoms with Crippen LogP contribution in [0.1, 0.15) is 0 Å². The number of carbonyl (C=O) groups excluding carboxylic acids is 1. The third-order valence-electron chi connectivity index (χ3n) is 3.01. The summed E-state index contributed by atoms with van der Waals surface area (Å²) in [5.74, 6) is 0.331. The lowest BCUT2D eigenvalue weighted by atomic mass is 10.3. The molecule has 0 saturated heterocycles. The van der Waals surface area contributed by atoms with Crippen molar-refractivity contribution in [2.75, 3.05) is 17.3 Å². The Morgan fingerprint density at radius 1 is 1.26 bits per heavy atom. The summed E-state index contributed by atoms with van der Waals surface area (Å²) >= 11 is 10.6. The fourth-order valence-electron chi connectivity index (χ4n) is 1.95. The topological polar surface area (TPSA) is 42.0 Å². The zero-order valence-corrected chi connectivity index (χ0v) is 15.4. The standard InChI is InChI=1S/C16H13ClN2OS3/c1-21-16-19-13-7-4-11(8-14(13)23-16)18-15(20)9-22-12-5-2-10(17)3-6-12/h2-8H,9H2,1H3,(H,18,20). The van der Waals surface area contributed by atoms with Crippen molar-refractivity contribution < 1.29 is 4.79 Å². The minimum Gasteiger partial charge on any atom is -0.325 e. The van der Waals surface area contributed by atoms with Gasteiger partial charge in [-0.2, -0.15) is 0 Å². The summed E-state index contributed by atoms with van der Waals surface area (Å²) in [6.45, 7) is 0. The molecule has 0 unspecified atom stereocenters. The molecule has 0 radical (unpaired) electrons. The lowest BCUT2D eigenvalue weighted by Crippen LogP contribution is -2.13. The molecule has 118 valence electrons. The van der Waals surface area contributed by atoms with Gasteiger partial charge >= 0.3 is 0 Å². The Balaban J connectivity index is 1.61. The van der Waals surface area contributed by atoms with Gasteiger partial charge in [0.2, 0.25) is 5.91 Å². The molecule has 0 aliphatic carbocycles. The number of amides is 1. The van der Waals surface area contributed by atoms with E-state index in [0.29, 0.717) is 10.8 Å². The first-order chi connectivity index (χ1) is 11.1. The van der Waals surface area contributed by atoms with E-state index in [4.69, 9.17) is 11.6 Å². The van der Waals surface area contributed by atoms with Gasteiger partial charge in [-0.05, 0) is 48.7 Å². The van der Waals surface area contributed by atoms with Crippen LogP contribution in [-0.2, 0) is 4.79 Å². The second kappa shape index (κ2) is 7.57. The van der Waals surface area contributed by atoms with Crippen LogP contribution in [0, 0.1) is 0 Å². The largest absolute Gasteiger partial charge is 0.325 e. The van der Waals surface area contributed by atoms with E-state index in [2.05, 4.69) is 10.3 Å². The van der Waals surface area contributed by atoms with Crippen molar-refractivity contribution in [1.82, 2.24) is 4.98 Å². The van der Waals surface area contributed by atoms with Gasteiger partial charge in [0.1, 0.15) is 0 Å². The molecular formula is C16H13ClN2OS3. The molecule has 0 aliphatic heterocycles. The predicted octanol–water partition coefficient (Wildman–Crippen LogP) is 5.40. The van der Waals surface area contributed by atoms with Crippen molar-refractivity contribution in [3.8, 4) is 0 Å². The van der Waals surface area contributed by atoms with Crippen LogP contribution in [-0.4, -0.2) is 22.9 Å². The van der Waals surface area contributed by atoms with Crippen molar-refractivity contribution in [3.63, 3.8) is 0 Å². The van der Waals surface area contributed by atoms with Crippen molar-refractivity contribution in [2.24, 2.45) is 0 Å². The molecule has 0 aliphatic rings. The summed E-state index contributed by atoms with van der Waals surface area (Å²) in [5.41, 5.74) is 1.77. The van der Waals surface area contributed by atoms with Crippen molar-refractivity contribution >= 4 is 68.3 Å².